The Balaban J connectivity index is 1.52. The zero-order valence-electron chi connectivity index (χ0n) is 16.6. The van der Waals surface area contributed by atoms with Crippen LogP contribution in [0.1, 0.15) is 19.4 Å². The first-order valence-corrected chi connectivity index (χ1v) is 9.61. The van der Waals surface area contributed by atoms with Crippen LogP contribution in [-0.2, 0) is 9.59 Å². The Hall–Kier alpha value is -3.02. The van der Waals surface area contributed by atoms with Crippen LogP contribution in [0, 0.1) is 6.92 Å². The van der Waals surface area contributed by atoms with E-state index < -0.39 is 11.8 Å². The standard InChI is InChI=1S/C22H27N3O3/c1-16(2)28-20-9-7-18(8-10-20)23-21(26)22(27)25-13-11-24(12-14-25)19-6-4-5-17(3)15-19/h4-10,15-16H,11-14H2,1-3H3,(H,23,26). The number of nitrogens with one attached hydrogen (secondary N) is 1. The molecule has 1 fully saturated rings. The predicted molar refractivity (Wildman–Crippen MR) is 111 cm³/mol. The van der Waals surface area contributed by atoms with E-state index in [1.54, 1.807) is 29.2 Å². The lowest BCUT2D eigenvalue weighted by molar-refractivity contribution is -0.143. The van der Waals surface area contributed by atoms with Crippen molar-refractivity contribution in [2.45, 2.75) is 26.9 Å². The number of carbonyl (C=O) groups is 2. The van der Waals surface area contributed by atoms with E-state index in [9.17, 15) is 9.59 Å². The fourth-order valence-corrected chi connectivity index (χ4v) is 3.21. The van der Waals surface area contributed by atoms with Crippen molar-refractivity contribution in [1.29, 1.82) is 0 Å². The molecular weight excluding hydrogens is 354 g/mol. The van der Waals surface area contributed by atoms with Crippen molar-refractivity contribution < 1.29 is 14.3 Å². The van der Waals surface area contributed by atoms with Crippen molar-refractivity contribution in [1.82, 2.24) is 4.90 Å². The van der Waals surface area contributed by atoms with Crippen LogP contribution >= 0.6 is 0 Å². The number of ether oxygens (including phenoxy) is 1. The van der Waals surface area contributed by atoms with Crippen molar-refractivity contribution >= 4 is 23.2 Å². The van der Waals surface area contributed by atoms with Crippen LogP contribution in [0.5, 0.6) is 5.75 Å². The van der Waals surface area contributed by atoms with Crippen LogP contribution in [0.3, 0.4) is 0 Å². The van der Waals surface area contributed by atoms with Gasteiger partial charge in [0.05, 0.1) is 6.10 Å². The third kappa shape index (κ3) is 5.03. The van der Waals surface area contributed by atoms with Crippen LogP contribution in [0.4, 0.5) is 11.4 Å². The number of piperazine rings is 1. The molecule has 148 valence electrons. The molecule has 0 bridgehead atoms. The maximum absolute atomic E-state index is 12.5. The van der Waals surface area contributed by atoms with Gasteiger partial charge in [-0.05, 0) is 62.7 Å². The molecule has 1 aliphatic rings. The second-order valence-electron chi connectivity index (χ2n) is 7.26. The molecule has 0 aliphatic carbocycles. The lowest BCUT2D eigenvalue weighted by Gasteiger charge is -2.35. The number of benzene rings is 2. The second kappa shape index (κ2) is 8.78. The topological polar surface area (TPSA) is 61.9 Å². The minimum absolute atomic E-state index is 0.0838. The molecule has 6 heteroatoms. The Morgan fingerprint density at radius 3 is 2.29 bits per heavy atom. The van der Waals surface area contributed by atoms with Gasteiger partial charge in [-0.15, -0.1) is 0 Å². The van der Waals surface area contributed by atoms with Crippen molar-refractivity contribution in [3.05, 3.63) is 54.1 Å². The summed E-state index contributed by atoms with van der Waals surface area (Å²) in [6, 6.07) is 15.3. The number of nitrogens with zero attached hydrogens (tertiary/aromatic N) is 2. The number of hydrogen-bond donors (Lipinski definition) is 1. The summed E-state index contributed by atoms with van der Waals surface area (Å²) in [5.41, 5.74) is 2.94. The summed E-state index contributed by atoms with van der Waals surface area (Å²) in [7, 11) is 0. The smallest absolute Gasteiger partial charge is 0.313 e. The van der Waals surface area contributed by atoms with E-state index in [-0.39, 0.29) is 6.10 Å². The molecule has 1 aliphatic heterocycles. The van der Waals surface area contributed by atoms with Gasteiger partial charge in [-0.2, -0.15) is 0 Å². The van der Waals surface area contributed by atoms with Gasteiger partial charge >= 0.3 is 11.8 Å². The first kappa shape index (κ1) is 19.7. The summed E-state index contributed by atoms with van der Waals surface area (Å²) in [6.07, 6.45) is 0.0838. The average molecular weight is 381 g/mol. The average Bonchev–Trinajstić information content (AvgIpc) is 2.68. The maximum Gasteiger partial charge on any atom is 0.313 e. The van der Waals surface area contributed by atoms with E-state index in [4.69, 9.17) is 4.74 Å². The van der Waals surface area contributed by atoms with Crippen molar-refractivity contribution in [2.75, 3.05) is 36.4 Å². The number of rotatable bonds is 4. The van der Waals surface area contributed by atoms with E-state index in [1.807, 2.05) is 19.9 Å². The number of anilines is 2. The SMILES string of the molecule is Cc1cccc(N2CCN(C(=O)C(=O)Nc3ccc(OC(C)C)cc3)CC2)c1. The molecule has 2 aromatic carbocycles. The van der Waals surface area contributed by atoms with Crippen LogP contribution < -0.4 is 15.0 Å². The third-order valence-electron chi connectivity index (χ3n) is 4.61. The Kier molecular flexibility index (Phi) is 6.19. The highest BCUT2D eigenvalue weighted by molar-refractivity contribution is 6.39. The minimum Gasteiger partial charge on any atom is -0.491 e. The van der Waals surface area contributed by atoms with Gasteiger partial charge in [-0.3, -0.25) is 9.59 Å². The van der Waals surface area contributed by atoms with Gasteiger partial charge in [0.1, 0.15) is 5.75 Å². The van der Waals surface area contributed by atoms with Crippen molar-refractivity contribution in [2.24, 2.45) is 0 Å². The fraction of sp³-hybridized carbons (Fsp3) is 0.364. The lowest BCUT2D eigenvalue weighted by Crippen LogP contribution is -2.51. The van der Waals surface area contributed by atoms with Gasteiger partial charge in [0.15, 0.2) is 0 Å². The Labute approximate surface area is 166 Å². The van der Waals surface area contributed by atoms with E-state index >= 15 is 0 Å². The highest BCUT2D eigenvalue weighted by Crippen LogP contribution is 2.19. The molecule has 0 atom stereocenters. The summed E-state index contributed by atoms with van der Waals surface area (Å²) in [5, 5.41) is 2.67. The van der Waals surface area contributed by atoms with E-state index in [1.165, 1.54) is 5.56 Å². The van der Waals surface area contributed by atoms with E-state index in [0.717, 1.165) is 11.4 Å². The molecular formula is C22H27N3O3. The van der Waals surface area contributed by atoms with Crippen molar-refractivity contribution in [3.63, 3.8) is 0 Å². The molecule has 28 heavy (non-hydrogen) atoms. The number of hydrogen-bond acceptors (Lipinski definition) is 4. The monoisotopic (exact) mass is 381 g/mol. The molecule has 2 aromatic rings. The molecule has 1 heterocycles. The number of amides is 2. The zero-order chi connectivity index (χ0) is 20.1. The minimum atomic E-state index is -0.610. The quantitative estimate of drug-likeness (QED) is 0.827. The number of aryl methyl sites for hydroxylation is 1. The first-order chi connectivity index (χ1) is 13.4. The van der Waals surface area contributed by atoms with Gasteiger partial charge in [0.2, 0.25) is 0 Å². The summed E-state index contributed by atoms with van der Waals surface area (Å²) in [4.78, 5) is 28.7. The lowest BCUT2D eigenvalue weighted by atomic mass is 10.2. The van der Waals surface area contributed by atoms with Gasteiger partial charge in [-0.1, -0.05) is 12.1 Å². The molecule has 0 radical (unpaired) electrons. The Morgan fingerprint density at radius 1 is 1.00 bits per heavy atom. The molecule has 0 saturated carbocycles. The Morgan fingerprint density at radius 2 is 1.68 bits per heavy atom. The van der Waals surface area contributed by atoms with Crippen LogP contribution in [0.15, 0.2) is 48.5 Å². The molecule has 0 spiro atoms. The molecule has 0 unspecified atom stereocenters. The molecule has 2 amide bonds. The summed E-state index contributed by atoms with van der Waals surface area (Å²) >= 11 is 0. The van der Waals surface area contributed by atoms with Crippen LogP contribution in [-0.4, -0.2) is 49.0 Å². The van der Waals surface area contributed by atoms with E-state index in [0.29, 0.717) is 31.9 Å². The second-order valence-corrected chi connectivity index (χ2v) is 7.26. The summed E-state index contributed by atoms with van der Waals surface area (Å²) in [5.74, 6) is -0.375. The summed E-state index contributed by atoms with van der Waals surface area (Å²) in [6.45, 7) is 8.45. The largest absolute Gasteiger partial charge is 0.491 e. The van der Waals surface area contributed by atoms with Crippen LogP contribution in [0.2, 0.25) is 0 Å². The third-order valence-corrected chi connectivity index (χ3v) is 4.61. The van der Waals surface area contributed by atoms with Gasteiger partial charge in [-0.25, -0.2) is 0 Å². The fourth-order valence-electron chi connectivity index (χ4n) is 3.21. The maximum atomic E-state index is 12.5. The molecule has 0 aromatic heterocycles. The van der Waals surface area contributed by atoms with Gasteiger partial charge in [0, 0.05) is 37.6 Å². The Bertz CT molecular complexity index is 825. The predicted octanol–water partition coefficient (Wildman–Crippen LogP) is 3.07. The first-order valence-electron chi connectivity index (χ1n) is 9.61. The molecule has 3 rings (SSSR count). The van der Waals surface area contributed by atoms with Gasteiger partial charge < -0.3 is 19.9 Å². The molecule has 6 nitrogen and oxygen atoms in total. The highest BCUT2D eigenvalue weighted by atomic mass is 16.5. The van der Waals surface area contributed by atoms with Crippen LogP contribution in [0.25, 0.3) is 0 Å². The van der Waals surface area contributed by atoms with E-state index in [2.05, 4.69) is 35.3 Å². The molecule has 1 N–H and O–H groups in total. The summed E-state index contributed by atoms with van der Waals surface area (Å²) < 4.78 is 5.58. The highest BCUT2D eigenvalue weighted by Gasteiger charge is 2.26. The molecule has 1 saturated heterocycles. The number of carbonyl (C=O) groups excluding carboxylic acids is 2. The zero-order valence-corrected chi connectivity index (χ0v) is 16.6. The normalized spacial score (nSPS) is 14.1. The van der Waals surface area contributed by atoms with Gasteiger partial charge in [0.25, 0.3) is 0 Å². The van der Waals surface area contributed by atoms with Crippen molar-refractivity contribution in [3.8, 4) is 5.75 Å².